The van der Waals surface area contributed by atoms with Crippen molar-refractivity contribution in [1.29, 1.82) is 0 Å². The Morgan fingerprint density at radius 1 is 1.15 bits per heavy atom. The van der Waals surface area contributed by atoms with Crippen molar-refractivity contribution < 1.29 is 4.79 Å². The van der Waals surface area contributed by atoms with Gasteiger partial charge in [0.15, 0.2) is 0 Å². The number of aryl methyl sites for hydroxylation is 1. The minimum absolute atomic E-state index is 0. The summed E-state index contributed by atoms with van der Waals surface area (Å²) in [5.41, 5.74) is 2.54. The van der Waals surface area contributed by atoms with Crippen LogP contribution in [0.25, 0.3) is 0 Å². The van der Waals surface area contributed by atoms with E-state index in [0.717, 1.165) is 45.6 Å². The van der Waals surface area contributed by atoms with Crippen molar-refractivity contribution in [2.24, 2.45) is 0 Å². The number of amides is 1. The normalized spacial score (nSPS) is 20.8. The second-order valence-corrected chi connectivity index (χ2v) is 7.61. The molecule has 5 nitrogen and oxygen atoms in total. The third kappa shape index (κ3) is 6.24. The smallest absolute Gasteiger partial charge is 0.237 e. The summed E-state index contributed by atoms with van der Waals surface area (Å²) in [6.45, 7) is 9.59. The molecule has 0 spiro atoms. The number of carbonyl (C=O) groups excluding carboxylic acids is 1. The topological polar surface area (TPSA) is 38.8 Å². The molecule has 1 atom stereocenters. The number of piperidine rings is 1. The fourth-order valence-corrected chi connectivity index (χ4v) is 4.00. The SMILES string of the molecule is Cc1ccc(N2CCN(C(=O)CN(C)C3CCNCC3)C(C)C2)cc1.Cl.Cl. The zero-order chi connectivity index (χ0) is 17.8. The number of nitrogens with zero attached hydrogens (tertiary/aromatic N) is 3. The van der Waals surface area contributed by atoms with Gasteiger partial charge in [-0.05, 0) is 59.0 Å². The maximum Gasteiger partial charge on any atom is 0.237 e. The lowest BCUT2D eigenvalue weighted by molar-refractivity contribution is -0.135. The van der Waals surface area contributed by atoms with Gasteiger partial charge >= 0.3 is 0 Å². The Morgan fingerprint density at radius 2 is 1.78 bits per heavy atom. The summed E-state index contributed by atoms with van der Waals surface area (Å²) in [5.74, 6) is 0.275. The molecule has 1 amide bonds. The Morgan fingerprint density at radius 3 is 2.37 bits per heavy atom. The van der Waals surface area contributed by atoms with Crippen LogP contribution in [0.5, 0.6) is 0 Å². The molecule has 0 radical (unpaired) electrons. The van der Waals surface area contributed by atoms with Gasteiger partial charge in [-0.15, -0.1) is 24.8 Å². The van der Waals surface area contributed by atoms with Crippen LogP contribution in [0.15, 0.2) is 24.3 Å². The second-order valence-electron chi connectivity index (χ2n) is 7.61. The molecule has 0 saturated carbocycles. The standard InChI is InChI=1S/C20H32N4O.2ClH/c1-16-4-6-19(7-5-16)23-12-13-24(17(2)14-23)20(25)15-22(3)18-8-10-21-11-9-18;;/h4-7,17-18,21H,8-15H2,1-3H3;2*1H. The average Bonchev–Trinajstić information content (AvgIpc) is 2.62. The zero-order valence-corrected chi connectivity index (χ0v) is 18.3. The first-order valence-corrected chi connectivity index (χ1v) is 9.56. The van der Waals surface area contributed by atoms with Crippen LogP contribution in [0, 0.1) is 6.92 Å². The summed E-state index contributed by atoms with van der Waals surface area (Å²) in [6.07, 6.45) is 2.28. The van der Waals surface area contributed by atoms with Crippen molar-refractivity contribution in [2.45, 2.75) is 38.8 Å². The van der Waals surface area contributed by atoms with E-state index in [9.17, 15) is 4.79 Å². The fourth-order valence-electron chi connectivity index (χ4n) is 4.00. The molecule has 2 aliphatic heterocycles. The van der Waals surface area contributed by atoms with E-state index in [1.807, 2.05) is 0 Å². The molecule has 0 aromatic heterocycles. The number of carbonyl (C=O) groups is 1. The maximum atomic E-state index is 12.8. The molecule has 1 aromatic rings. The number of hydrogen-bond donors (Lipinski definition) is 1. The summed E-state index contributed by atoms with van der Waals surface area (Å²) in [6, 6.07) is 9.48. The number of rotatable bonds is 4. The molecule has 2 saturated heterocycles. The molecule has 1 N–H and O–H groups in total. The van der Waals surface area contributed by atoms with Crippen LogP contribution in [0.1, 0.15) is 25.3 Å². The molecular weight excluding hydrogens is 383 g/mol. The van der Waals surface area contributed by atoms with Gasteiger partial charge in [-0.3, -0.25) is 9.69 Å². The van der Waals surface area contributed by atoms with E-state index in [2.05, 4.69) is 65.2 Å². The summed E-state index contributed by atoms with van der Waals surface area (Å²) in [7, 11) is 2.10. The fraction of sp³-hybridized carbons (Fsp3) is 0.650. The highest BCUT2D eigenvalue weighted by atomic mass is 35.5. The third-order valence-corrected chi connectivity index (χ3v) is 5.66. The Hall–Kier alpha value is -1.01. The molecule has 2 heterocycles. The first-order valence-electron chi connectivity index (χ1n) is 9.56. The van der Waals surface area contributed by atoms with Crippen LogP contribution >= 0.6 is 24.8 Å². The molecule has 0 bridgehead atoms. The van der Waals surface area contributed by atoms with Gasteiger partial charge in [0.05, 0.1) is 6.54 Å². The van der Waals surface area contributed by atoms with E-state index >= 15 is 0 Å². The van der Waals surface area contributed by atoms with Crippen molar-refractivity contribution in [3.05, 3.63) is 29.8 Å². The molecule has 1 aromatic carbocycles. The van der Waals surface area contributed by atoms with Crippen molar-refractivity contribution in [3.8, 4) is 0 Å². The zero-order valence-electron chi connectivity index (χ0n) is 16.7. The van der Waals surface area contributed by atoms with Gasteiger partial charge in [0.25, 0.3) is 0 Å². The van der Waals surface area contributed by atoms with Crippen LogP contribution in [-0.4, -0.2) is 74.1 Å². The van der Waals surface area contributed by atoms with Crippen LogP contribution in [0.4, 0.5) is 5.69 Å². The van der Waals surface area contributed by atoms with Crippen LogP contribution in [0.2, 0.25) is 0 Å². The largest absolute Gasteiger partial charge is 0.368 e. The van der Waals surface area contributed by atoms with E-state index in [1.165, 1.54) is 11.3 Å². The summed E-state index contributed by atoms with van der Waals surface area (Å²) < 4.78 is 0. The van der Waals surface area contributed by atoms with E-state index in [4.69, 9.17) is 0 Å². The monoisotopic (exact) mass is 416 g/mol. The van der Waals surface area contributed by atoms with Crippen molar-refractivity contribution in [2.75, 3.05) is 51.2 Å². The van der Waals surface area contributed by atoms with Gasteiger partial charge in [-0.2, -0.15) is 0 Å². The Bertz CT molecular complexity index is 578. The van der Waals surface area contributed by atoms with Crippen LogP contribution < -0.4 is 10.2 Å². The lowest BCUT2D eigenvalue weighted by Gasteiger charge is -2.42. The van der Waals surface area contributed by atoms with Gasteiger partial charge in [0.2, 0.25) is 5.91 Å². The molecule has 7 heteroatoms. The minimum Gasteiger partial charge on any atom is -0.368 e. The number of nitrogens with one attached hydrogen (secondary N) is 1. The van der Waals surface area contributed by atoms with Gasteiger partial charge in [-0.1, -0.05) is 17.7 Å². The minimum atomic E-state index is 0. The highest BCUT2D eigenvalue weighted by Gasteiger charge is 2.29. The second kappa shape index (κ2) is 11.1. The van der Waals surface area contributed by atoms with Crippen molar-refractivity contribution >= 4 is 36.4 Å². The predicted molar refractivity (Wildman–Crippen MR) is 118 cm³/mol. The Kier molecular flexibility index (Phi) is 9.88. The first kappa shape index (κ1) is 24.0. The Labute approximate surface area is 176 Å². The summed E-state index contributed by atoms with van der Waals surface area (Å²) in [5, 5.41) is 3.39. The van der Waals surface area contributed by atoms with E-state index in [-0.39, 0.29) is 36.8 Å². The lowest BCUT2D eigenvalue weighted by Crippen LogP contribution is -2.56. The maximum absolute atomic E-state index is 12.8. The molecule has 0 aliphatic carbocycles. The Balaban J connectivity index is 0.00000182. The summed E-state index contributed by atoms with van der Waals surface area (Å²) in [4.78, 5) is 19.5. The van der Waals surface area contributed by atoms with Gasteiger partial charge in [0, 0.05) is 37.4 Å². The first-order chi connectivity index (χ1) is 12.0. The molecular formula is C20H34Cl2N4O. The summed E-state index contributed by atoms with van der Waals surface area (Å²) >= 11 is 0. The molecule has 2 aliphatic rings. The number of anilines is 1. The highest BCUT2D eigenvalue weighted by molar-refractivity contribution is 5.85. The van der Waals surface area contributed by atoms with Crippen LogP contribution in [0.3, 0.4) is 0 Å². The average molecular weight is 417 g/mol. The number of piperazine rings is 1. The predicted octanol–water partition coefficient (Wildman–Crippen LogP) is 2.56. The lowest BCUT2D eigenvalue weighted by atomic mass is 10.1. The molecule has 1 unspecified atom stereocenters. The molecule has 27 heavy (non-hydrogen) atoms. The molecule has 2 fully saturated rings. The van der Waals surface area contributed by atoms with E-state index in [0.29, 0.717) is 12.6 Å². The number of likely N-dealkylation sites (N-methyl/N-ethyl adjacent to an activating group) is 1. The molecule has 3 rings (SSSR count). The number of hydrogen-bond acceptors (Lipinski definition) is 4. The van der Waals surface area contributed by atoms with Gasteiger partial charge in [0.1, 0.15) is 0 Å². The molecule has 154 valence electrons. The van der Waals surface area contributed by atoms with Crippen molar-refractivity contribution in [3.63, 3.8) is 0 Å². The highest BCUT2D eigenvalue weighted by Crippen LogP contribution is 2.20. The quantitative estimate of drug-likeness (QED) is 0.818. The third-order valence-electron chi connectivity index (χ3n) is 5.66. The van der Waals surface area contributed by atoms with E-state index in [1.54, 1.807) is 0 Å². The van der Waals surface area contributed by atoms with E-state index < -0.39 is 0 Å². The van der Waals surface area contributed by atoms with Crippen LogP contribution in [-0.2, 0) is 4.79 Å². The van der Waals surface area contributed by atoms with Crippen molar-refractivity contribution in [1.82, 2.24) is 15.1 Å². The number of benzene rings is 1. The van der Waals surface area contributed by atoms with Gasteiger partial charge in [-0.25, -0.2) is 0 Å². The van der Waals surface area contributed by atoms with Gasteiger partial charge < -0.3 is 15.1 Å². The number of halogens is 2.